The highest BCUT2D eigenvalue weighted by molar-refractivity contribution is 7.83. The normalized spacial score (nSPS) is 43.4. The summed E-state index contributed by atoms with van der Waals surface area (Å²) in [5.41, 5.74) is 0. The third-order valence-corrected chi connectivity index (χ3v) is 14.2. The molecule has 0 aromatic carbocycles. The van der Waals surface area contributed by atoms with Crippen molar-refractivity contribution in [2.45, 2.75) is 186 Å². The smallest absolute Gasteiger partial charge is 0.397 e. The summed E-state index contributed by atoms with van der Waals surface area (Å²) in [5.74, 6) is -8.66. The molecule has 5 saturated heterocycles. The molecular formula is C40H61N3O38S2. The average Bonchev–Trinajstić information content (AvgIpc) is 2.99. The van der Waals surface area contributed by atoms with Gasteiger partial charge in [0.15, 0.2) is 43.7 Å². The van der Waals surface area contributed by atoms with Gasteiger partial charge in [-0.1, -0.05) is 0 Å². The average molecular weight is 1260 g/mol. The van der Waals surface area contributed by atoms with Crippen molar-refractivity contribution >= 4 is 50.4 Å². The molecule has 0 saturated carbocycles. The number of aliphatic hydroxyl groups excluding tert-OH is 12. The van der Waals surface area contributed by atoms with Crippen LogP contribution in [0.1, 0.15) is 13.8 Å². The number of rotatable bonds is 22. The van der Waals surface area contributed by atoms with Gasteiger partial charge in [-0.2, -0.15) is 21.6 Å². The van der Waals surface area contributed by atoms with E-state index in [1.807, 2.05) is 0 Å². The first-order valence-electron chi connectivity index (χ1n) is 24.1. The molecule has 0 aliphatic carbocycles. The molecule has 2 amide bonds. The van der Waals surface area contributed by atoms with Gasteiger partial charge >= 0.3 is 38.6 Å². The lowest BCUT2D eigenvalue weighted by molar-refractivity contribution is -0.377. The molecule has 6 heterocycles. The number of carbonyl (C=O) groups excluding carboxylic acids is 2. The molecule has 0 spiro atoms. The van der Waals surface area contributed by atoms with E-state index in [0.29, 0.717) is 6.08 Å². The Hall–Kier alpha value is -4.25. The fourth-order valence-corrected chi connectivity index (χ4v) is 10.3. The number of aliphatic hydroxyl groups is 12. The van der Waals surface area contributed by atoms with Gasteiger partial charge in [-0.05, 0) is 6.08 Å². The number of carboxylic acids is 3. The van der Waals surface area contributed by atoms with Gasteiger partial charge in [0.2, 0.25) is 23.9 Å². The van der Waals surface area contributed by atoms with Crippen LogP contribution in [0.25, 0.3) is 0 Å². The molecule has 0 unspecified atom stereocenters. The Morgan fingerprint density at radius 3 is 1.34 bits per heavy atom. The number of hydrogen-bond donors (Lipinski definition) is 20. The number of ether oxygens (including phenoxy) is 11. The number of nitrogens with one attached hydrogen (secondary N) is 3. The Balaban J connectivity index is 1.20. The van der Waals surface area contributed by atoms with E-state index < -0.39 is 248 Å². The van der Waals surface area contributed by atoms with Crippen LogP contribution in [0, 0.1) is 0 Å². The molecule has 20 N–H and O–H groups in total. The SMILES string of the molecule is CC(=O)N[C@@H]1[C@@H](O)[C@H](O[C@@H]2O[C@H](C(=O)O)[C@@H](O[C@@H]3O[C@H](CO)[C@@H](O[C@@H]4O[C@@H](C(=O)O)[C@@H](O[C@@H]5O[C@H](CO)[C@@H](O[C@@H]6OC(C(=O)O)=C[C@H](O)[C@H]6O)[C@H](O)[C@H]5NC(C)=O)[C@H](O)[C@H]4O)[C@H](O)[C@H]3NS(=O)(=O)O)[C@H](O)[C@H]2O)[C@@H](COS(=O)(=O)O)O[C@H]1O. The first-order chi connectivity index (χ1) is 38.6. The molecule has 41 nitrogen and oxygen atoms in total. The zero-order valence-electron chi connectivity index (χ0n) is 42.4. The lowest BCUT2D eigenvalue weighted by Gasteiger charge is -2.50. The lowest BCUT2D eigenvalue weighted by Crippen LogP contribution is -2.71. The van der Waals surface area contributed by atoms with Gasteiger partial charge < -0.3 is 139 Å². The Labute approximate surface area is 465 Å². The molecular weight excluding hydrogens is 1190 g/mol. The summed E-state index contributed by atoms with van der Waals surface area (Å²) in [5, 5.41) is 166. The second-order valence-electron chi connectivity index (χ2n) is 19.1. The van der Waals surface area contributed by atoms with E-state index >= 15 is 0 Å². The van der Waals surface area contributed by atoms with E-state index in [0.717, 1.165) is 13.8 Å². The maximum Gasteiger partial charge on any atom is 0.397 e. The van der Waals surface area contributed by atoms with Crippen LogP contribution in [0.15, 0.2) is 11.8 Å². The summed E-state index contributed by atoms with van der Waals surface area (Å²) >= 11 is 0. The molecule has 5 fully saturated rings. The molecule has 43 heteroatoms. The maximum absolute atomic E-state index is 12.8. The Morgan fingerprint density at radius 1 is 0.506 bits per heavy atom. The lowest BCUT2D eigenvalue weighted by atomic mass is 9.94. The molecule has 0 bridgehead atoms. The van der Waals surface area contributed by atoms with Gasteiger partial charge in [-0.25, -0.2) is 18.6 Å². The predicted molar refractivity (Wildman–Crippen MR) is 245 cm³/mol. The molecule has 6 aliphatic rings. The van der Waals surface area contributed by atoms with Crippen molar-refractivity contribution in [2.75, 3.05) is 19.8 Å². The van der Waals surface area contributed by atoms with Gasteiger partial charge in [-0.15, -0.1) is 0 Å². The Morgan fingerprint density at radius 2 is 0.916 bits per heavy atom. The molecule has 0 radical (unpaired) electrons. The monoisotopic (exact) mass is 1260 g/mol. The largest absolute Gasteiger partial charge is 0.479 e. The fourth-order valence-electron chi connectivity index (χ4n) is 9.42. The van der Waals surface area contributed by atoms with E-state index in [2.05, 4.69) is 14.8 Å². The van der Waals surface area contributed by atoms with Crippen LogP contribution in [-0.4, -0.2) is 324 Å². The summed E-state index contributed by atoms with van der Waals surface area (Å²) in [6.45, 7) is -1.96. The Kier molecular flexibility index (Phi) is 22.6. The van der Waals surface area contributed by atoms with Crippen molar-refractivity contribution in [1.82, 2.24) is 15.4 Å². The van der Waals surface area contributed by atoms with Crippen LogP contribution < -0.4 is 15.4 Å². The van der Waals surface area contributed by atoms with Crippen molar-refractivity contribution in [3.05, 3.63) is 11.8 Å². The molecule has 0 aromatic rings. The predicted octanol–water partition coefficient (Wildman–Crippen LogP) is -13.2. The van der Waals surface area contributed by atoms with Gasteiger partial charge in [0.1, 0.15) is 122 Å². The van der Waals surface area contributed by atoms with Crippen LogP contribution >= 0.6 is 0 Å². The van der Waals surface area contributed by atoms with Crippen LogP contribution in [-0.2, 0) is 101 Å². The molecule has 6 aliphatic heterocycles. The summed E-state index contributed by atoms with van der Waals surface area (Å²) in [4.78, 5) is 61.3. The number of carbonyl (C=O) groups is 5. The summed E-state index contributed by atoms with van der Waals surface area (Å²) in [6.07, 6.45) is -57.0. The second kappa shape index (κ2) is 27.6. The van der Waals surface area contributed by atoms with Crippen LogP contribution in [0.3, 0.4) is 0 Å². The van der Waals surface area contributed by atoms with Crippen molar-refractivity contribution in [2.24, 2.45) is 0 Å². The summed E-state index contributed by atoms with van der Waals surface area (Å²) < 4.78 is 132. The Bertz CT molecular complexity index is 2550. The van der Waals surface area contributed by atoms with Crippen molar-refractivity contribution in [3.63, 3.8) is 0 Å². The number of hydrogen-bond acceptors (Lipinski definition) is 33. The molecule has 6 rings (SSSR count). The van der Waals surface area contributed by atoms with E-state index in [1.54, 1.807) is 0 Å². The summed E-state index contributed by atoms with van der Waals surface area (Å²) in [7, 11) is -10.9. The van der Waals surface area contributed by atoms with E-state index in [9.17, 15) is 122 Å². The minimum Gasteiger partial charge on any atom is -0.479 e. The fraction of sp³-hybridized carbons (Fsp3) is 0.825. The third kappa shape index (κ3) is 16.0. The molecule has 28 atom stereocenters. The molecule has 83 heavy (non-hydrogen) atoms. The van der Waals surface area contributed by atoms with Gasteiger partial charge in [-0.3, -0.25) is 18.7 Å². The first kappa shape index (κ1) is 67.9. The second-order valence-corrected chi connectivity index (χ2v) is 21.3. The zero-order chi connectivity index (χ0) is 62.1. The van der Waals surface area contributed by atoms with E-state index in [-0.39, 0.29) is 0 Å². The number of carboxylic acid groups (broad SMARTS) is 3. The van der Waals surface area contributed by atoms with E-state index in [4.69, 9.17) is 56.7 Å². The minimum absolute atomic E-state index is 0.611. The minimum atomic E-state index is -5.59. The van der Waals surface area contributed by atoms with Crippen LogP contribution in [0.2, 0.25) is 0 Å². The number of amides is 2. The number of aliphatic carboxylic acids is 3. The highest BCUT2D eigenvalue weighted by atomic mass is 32.3. The van der Waals surface area contributed by atoms with Crippen LogP contribution in [0.4, 0.5) is 0 Å². The standard InChI is InChI=1S/C40H61N3O38S2/c1-7(46)41-14-18(50)27(13(71-35(14)63)6-70-83(67,68)69)77-40-24(56)22(54)29(31(81-40)34(61)62)79-37-16(43-82(64,65)66)20(52)26(12(5-45)74-37)76-39-23(55)21(53)28(30(80-39)33(59)60)78-36-15(42-8(2)47)19(51)25(11(4-44)73-36)75-38-17(49)9(48)3-10(72-38)32(57)58/h3,9,11-31,35-40,43-45,48-56,63H,4-6H2,1-2H3,(H,41,46)(H,42,47)(H,57,58)(H,59,60)(H,61,62)(H,64,65,66)(H,67,68,69)/t9-,11+,12+,13+,14+,15+,16+,17+,18+,19+,20+,21+,22+,23+,24+,25+,26+,27+,28-,29-,30+,31-,35+,36-,37-,38-,39+,40+/m0/s1. The zero-order valence-corrected chi connectivity index (χ0v) is 44.0. The summed E-state index contributed by atoms with van der Waals surface area (Å²) in [6, 6.07) is -6.27. The highest BCUT2D eigenvalue weighted by Crippen LogP contribution is 2.37. The van der Waals surface area contributed by atoms with Crippen molar-refractivity contribution in [1.29, 1.82) is 0 Å². The first-order valence-corrected chi connectivity index (χ1v) is 26.9. The van der Waals surface area contributed by atoms with Gasteiger partial charge in [0.25, 0.3) is 0 Å². The quantitative estimate of drug-likeness (QED) is 0.0448. The third-order valence-electron chi connectivity index (χ3n) is 13.2. The van der Waals surface area contributed by atoms with Crippen molar-refractivity contribution in [3.8, 4) is 0 Å². The van der Waals surface area contributed by atoms with E-state index in [1.165, 1.54) is 4.72 Å². The maximum atomic E-state index is 12.8. The topological polar surface area (TPSA) is 644 Å². The van der Waals surface area contributed by atoms with Crippen LogP contribution in [0.5, 0.6) is 0 Å². The van der Waals surface area contributed by atoms with Gasteiger partial charge in [0.05, 0.1) is 19.8 Å². The highest BCUT2D eigenvalue weighted by Gasteiger charge is 2.59. The van der Waals surface area contributed by atoms with Crippen molar-refractivity contribution < 1.29 is 183 Å². The molecule has 0 aromatic heterocycles. The van der Waals surface area contributed by atoms with Gasteiger partial charge in [0, 0.05) is 13.8 Å². The molecule has 476 valence electrons.